The molecule has 2 aromatic rings. The van der Waals surface area contributed by atoms with Crippen molar-refractivity contribution in [3.8, 4) is 5.75 Å². The minimum atomic E-state index is 0.425. The number of benzene rings is 2. The van der Waals surface area contributed by atoms with Gasteiger partial charge in [0.25, 0.3) is 0 Å². The molecule has 0 saturated carbocycles. The first-order valence-electron chi connectivity index (χ1n) is 6.86. The second-order valence-electron chi connectivity index (χ2n) is 5.43. The van der Waals surface area contributed by atoms with Crippen molar-refractivity contribution in [1.29, 1.82) is 0 Å². The summed E-state index contributed by atoms with van der Waals surface area (Å²) in [5, 5.41) is 12.4. The molecule has 2 aromatic carbocycles. The van der Waals surface area contributed by atoms with E-state index in [0.717, 1.165) is 18.2 Å². The van der Waals surface area contributed by atoms with Crippen LogP contribution in [0.15, 0.2) is 24.3 Å². The molecule has 0 spiro atoms. The number of hydrogen-bond acceptors (Lipinski definition) is 2. The minimum Gasteiger partial charge on any atom is -0.507 e. The van der Waals surface area contributed by atoms with E-state index in [4.69, 9.17) is 0 Å². The Morgan fingerprint density at radius 1 is 1.00 bits per heavy atom. The molecule has 0 unspecified atom stereocenters. The maximum Gasteiger partial charge on any atom is 0.123 e. The van der Waals surface area contributed by atoms with Gasteiger partial charge in [-0.1, -0.05) is 12.1 Å². The third-order valence-electron chi connectivity index (χ3n) is 4.36. The van der Waals surface area contributed by atoms with Gasteiger partial charge in [-0.3, -0.25) is 0 Å². The molecule has 0 fully saturated rings. The summed E-state index contributed by atoms with van der Waals surface area (Å²) in [5.74, 6) is 0.425. The molecule has 2 nitrogen and oxygen atoms in total. The largest absolute Gasteiger partial charge is 0.507 e. The van der Waals surface area contributed by atoms with Crippen LogP contribution in [-0.4, -0.2) is 18.2 Å². The quantitative estimate of drug-likeness (QED) is 0.763. The molecule has 0 radical (unpaired) electrons. The molecule has 2 heteroatoms. The van der Waals surface area contributed by atoms with E-state index in [1.54, 1.807) is 6.07 Å². The van der Waals surface area contributed by atoms with Gasteiger partial charge < -0.3 is 10.0 Å². The molecular formula is C16H17NO. The molecular weight excluding hydrogens is 222 g/mol. The number of nitrogens with zero attached hydrogens (tertiary/aromatic N) is 1. The molecule has 0 atom stereocenters. The number of phenols is 1. The van der Waals surface area contributed by atoms with E-state index in [0.29, 0.717) is 5.75 Å². The van der Waals surface area contributed by atoms with Crippen molar-refractivity contribution in [2.45, 2.75) is 25.7 Å². The number of anilines is 1. The highest BCUT2D eigenvalue weighted by atomic mass is 16.3. The zero-order valence-corrected chi connectivity index (χ0v) is 10.4. The van der Waals surface area contributed by atoms with Crippen LogP contribution in [0, 0.1) is 0 Å². The van der Waals surface area contributed by atoms with Gasteiger partial charge in [0.05, 0.1) is 0 Å². The average molecular weight is 239 g/mol. The van der Waals surface area contributed by atoms with Crippen molar-refractivity contribution >= 4 is 16.5 Å². The van der Waals surface area contributed by atoms with Crippen molar-refractivity contribution < 1.29 is 5.11 Å². The molecule has 2 heterocycles. The van der Waals surface area contributed by atoms with Crippen molar-refractivity contribution in [1.82, 2.24) is 0 Å². The fraction of sp³-hybridized carbons (Fsp3) is 0.375. The molecule has 1 N–H and O–H groups in total. The van der Waals surface area contributed by atoms with Crippen LogP contribution in [0.4, 0.5) is 5.69 Å². The van der Waals surface area contributed by atoms with E-state index in [9.17, 15) is 5.11 Å². The van der Waals surface area contributed by atoms with Crippen LogP contribution in [-0.2, 0) is 12.8 Å². The van der Waals surface area contributed by atoms with Crippen molar-refractivity contribution in [3.05, 3.63) is 35.4 Å². The Hall–Kier alpha value is -1.70. The normalized spacial score (nSPS) is 17.9. The van der Waals surface area contributed by atoms with Crippen LogP contribution in [0.2, 0.25) is 0 Å². The number of aryl methyl sites for hydroxylation is 2. The van der Waals surface area contributed by atoms with E-state index in [1.807, 2.05) is 6.07 Å². The zero-order valence-electron chi connectivity index (χ0n) is 10.4. The van der Waals surface area contributed by atoms with Crippen LogP contribution in [0.25, 0.3) is 10.8 Å². The number of hydrogen-bond donors (Lipinski definition) is 1. The van der Waals surface area contributed by atoms with Gasteiger partial charge in [0.1, 0.15) is 5.75 Å². The molecule has 0 aliphatic carbocycles. The lowest BCUT2D eigenvalue weighted by molar-refractivity contribution is 0.481. The highest BCUT2D eigenvalue weighted by Crippen LogP contribution is 2.41. The molecule has 0 saturated heterocycles. The fourth-order valence-corrected chi connectivity index (χ4v) is 3.61. The minimum absolute atomic E-state index is 0.425. The standard InChI is InChI=1S/C16H17NO/c18-15-7-1-5-12-13-6-3-9-17-8-2-4-11(16(13)17)10-14(12)15/h1,5,7,10,18H,2-4,6,8-9H2. The Morgan fingerprint density at radius 3 is 2.72 bits per heavy atom. The Balaban J connectivity index is 2.12. The third-order valence-corrected chi connectivity index (χ3v) is 4.36. The Labute approximate surface area is 107 Å². The SMILES string of the molecule is Oc1cccc2c3c4c(cc12)CCCN4CCC3. The van der Waals surface area contributed by atoms with Crippen LogP contribution < -0.4 is 4.90 Å². The molecule has 2 aliphatic heterocycles. The summed E-state index contributed by atoms with van der Waals surface area (Å²) in [6, 6.07) is 8.12. The van der Waals surface area contributed by atoms with Crippen LogP contribution in [0.5, 0.6) is 5.75 Å². The number of phenolic OH excluding ortho intramolecular Hbond substituents is 1. The van der Waals surface area contributed by atoms with Gasteiger partial charge >= 0.3 is 0 Å². The van der Waals surface area contributed by atoms with Crippen LogP contribution in [0.1, 0.15) is 24.0 Å². The molecule has 18 heavy (non-hydrogen) atoms. The third kappa shape index (κ3) is 1.29. The highest BCUT2D eigenvalue weighted by Gasteiger charge is 2.25. The summed E-state index contributed by atoms with van der Waals surface area (Å²) in [4.78, 5) is 2.54. The predicted molar refractivity (Wildman–Crippen MR) is 74.5 cm³/mol. The lowest BCUT2D eigenvalue weighted by Crippen LogP contribution is -2.34. The number of rotatable bonds is 0. The monoisotopic (exact) mass is 239 g/mol. The van der Waals surface area contributed by atoms with Crippen molar-refractivity contribution in [2.24, 2.45) is 0 Å². The average Bonchev–Trinajstić information content (AvgIpc) is 2.41. The Morgan fingerprint density at radius 2 is 1.83 bits per heavy atom. The maximum atomic E-state index is 10.1. The predicted octanol–water partition coefficient (Wildman–Crippen LogP) is 3.24. The van der Waals surface area contributed by atoms with Gasteiger partial charge in [-0.15, -0.1) is 0 Å². The molecule has 0 bridgehead atoms. The highest BCUT2D eigenvalue weighted by molar-refractivity contribution is 5.96. The second-order valence-corrected chi connectivity index (χ2v) is 5.43. The summed E-state index contributed by atoms with van der Waals surface area (Å²) >= 11 is 0. The number of fused-ring (bicyclic) bond motifs is 2. The molecule has 92 valence electrons. The molecule has 0 aromatic heterocycles. The smallest absolute Gasteiger partial charge is 0.123 e. The lowest BCUT2D eigenvalue weighted by Gasteiger charge is -2.37. The maximum absolute atomic E-state index is 10.1. The summed E-state index contributed by atoms with van der Waals surface area (Å²) in [7, 11) is 0. The first kappa shape index (κ1) is 10.2. The summed E-state index contributed by atoms with van der Waals surface area (Å²) in [5.41, 5.74) is 4.37. The van der Waals surface area contributed by atoms with E-state index in [-0.39, 0.29) is 0 Å². The summed E-state index contributed by atoms with van der Waals surface area (Å²) < 4.78 is 0. The molecule has 2 aliphatic rings. The van der Waals surface area contributed by atoms with E-state index < -0.39 is 0 Å². The lowest BCUT2D eigenvalue weighted by atomic mass is 9.87. The Kier molecular flexibility index (Phi) is 2.07. The van der Waals surface area contributed by atoms with Gasteiger partial charge in [-0.25, -0.2) is 0 Å². The van der Waals surface area contributed by atoms with E-state index >= 15 is 0 Å². The van der Waals surface area contributed by atoms with Gasteiger partial charge in [0.2, 0.25) is 0 Å². The van der Waals surface area contributed by atoms with Gasteiger partial charge in [-0.05, 0) is 54.3 Å². The Bertz CT molecular complexity index is 631. The molecule has 0 amide bonds. The van der Waals surface area contributed by atoms with E-state index in [1.165, 1.54) is 48.1 Å². The topological polar surface area (TPSA) is 23.5 Å². The summed E-state index contributed by atoms with van der Waals surface area (Å²) in [6.07, 6.45) is 4.79. The van der Waals surface area contributed by atoms with Crippen molar-refractivity contribution in [3.63, 3.8) is 0 Å². The first-order chi connectivity index (χ1) is 8.84. The zero-order chi connectivity index (χ0) is 12.1. The molecule has 4 rings (SSSR count). The van der Waals surface area contributed by atoms with Gasteiger partial charge in [-0.2, -0.15) is 0 Å². The van der Waals surface area contributed by atoms with Crippen molar-refractivity contribution in [2.75, 3.05) is 18.0 Å². The van der Waals surface area contributed by atoms with Crippen LogP contribution >= 0.6 is 0 Å². The summed E-state index contributed by atoms with van der Waals surface area (Å²) in [6.45, 7) is 2.40. The van der Waals surface area contributed by atoms with Gasteiger partial charge in [0, 0.05) is 24.2 Å². The van der Waals surface area contributed by atoms with Crippen LogP contribution in [0.3, 0.4) is 0 Å². The first-order valence-corrected chi connectivity index (χ1v) is 6.86. The van der Waals surface area contributed by atoms with E-state index in [2.05, 4.69) is 17.0 Å². The fourth-order valence-electron chi connectivity index (χ4n) is 3.61. The second kappa shape index (κ2) is 3.64. The number of aromatic hydroxyl groups is 1. The van der Waals surface area contributed by atoms with Gasteiger partial charge in [0.15, 0.2) is 0 Å².